The summed E-state index contributed by atoms with van der Waals surface area (Å²) in [7, 11) is 0. The van der Waals surface area contributed by atoms with E-state index in [1.807, 2.05) is 54.6 Å². The molecule has 5 nitrogen and oxygen atoms in total. The summed E-state index contributed by atoms with van der Waals surface area (Å²) in [6, 6.07) is 20.4. The second-order valence-corrected chi connectivity index (χ2v) is 4.73. The minimum atomic E-state index is -0.252. The van der Waals surface area contributed by atoms with Crippen LogP contribution in [0, 0.1) is 34.0 Å². The summed E-state index contributed by atoms with van der Waals surface area (Å²) in [5.74, 6) is 0. The van der Waals surface area contributed by atoms with Crippen molar-refractivity contribution < 1.29 is 0 Å². The number of pyridine rings is 1. The van der Waals surface area contributed by atoms with Gasteiger partial charge in [-0.25, -0.2) is 4.98 Å². The molecule has 0 bridgehead atoms. The molecule has 1 heterocycles. The molecule has 0 spiro atoms. The Morgan fingerprint density at radius 1 is 0.783 bits per heavy atom. The highest BCUT2D eigenvalue weighted by Crippen LogP contribution is 2.31. The van der Waals surface area contributed by atoms with Crippen molar-refractivity contribution in [2.24, 2.45) is 0 Å². The molecule has 0 radical (unpaired) electrons. The number of anilines is 1. The molecule has 106 valence electrons. The Morgan fingerprint density at radius 3 is 1.78 bits per heavy atom. The lowest BCUT2D eigenvalue weighted by Crippen LogP contribution is -2.02. The standard InChI is InChI=1S/C18H9N5/c19-9-12(10-20)17(11-21)23-18-13-5-1-3-7-15(13)22-16-8-4-2-6-14(16)18/h1-8H,(H,22,23). The summed E-state index contributed by atoms with van der Waals surface area (Å²) in [5, 5.41) is 31.9. The molecule has 0 amide bonds. The van der Waals surface area contributed by atoms with E-state index in [-0.39, 0.29) is 11.3 Å². The fourth-order valence-corrected chi connectivity index (χ4v) is 2.38. The summed E-state index contributed by atoms with van der Waals surface area (Å²) in [4.78, 5) is 4.59. The average molecular weight is 295 g/mol. The maximum absolute atomic E-state index is 9.28. The van der Waals surface area contributed by atoms with Crippen LogP contribution >= 0.6 is 0 Å². The number of hydrogen-bond donors (Lipinski definition) is 1. The number of aromatic nitrogens is 1. The summed E-state index contributed by atoms with van der Waals surface area (Å²) < 4.78 is 0. The molecule has 0 unspecified atom stereocenters. The lowest BCUT2D eigenvalue weighted by Gasteiger charge is -2.12. The molecular weight excluding hydrogens is 286 g/mol. The SMILES string of the molecule is N#CC(C#N)=C(C#N)Nc1c2ccccc2nc2ccccc12. The minimum absolute atomic E-state index is 0.0727. The maximum Gasteiger partial charge on any atom is 0.163 e. The third kappa shape index (κ3) is 2.42. The van der Waals surface area contributed by atoms with Crippen LogP contribution in [0.15, 0.2) is 59.8 Å². The second kappa shape index (κ2) is 5.85. The summed E-state index contributed by atoms with van der Waals surface area (Å²) >= 11 is 0. The number of hydrogen-bond acceptors (Lipinski definition) is 5. The zero-order valence-electron chi connectivity index (χ0n) is 11.9. The van der Waals surface area contributed by atoms with Gasteiger partial charge in [0.2, 0.25) is 0 Å². The van der Waals surface area contributed by atoms with Crippen molar-refractivity contribution >= 4 is 27.5 Å². The zero-order chi connectivity index (χ0) is 16.2. The van der Waals surface area contributed by atoms with Crippen molar-refractivity contribution in [1.29, 1.82) is 15.8 Å². The van der Waals surface area contributed by atoms with Crippen LogP contribution in [-0.2, 0) is 0 Å². The number of para-hydroxylation sites is 2. The topological polar surface area (TPSA) is 96.3 Å². The largest absolute Gasteiger partial charge is 0.344 e. The number of nitriles is 3. The highest BCUT2D eigenvalue weighted by Gasteiger charge is 2.12. The number of rotatable bonds is 2. The molecule has 3 aromatic rings. The van der Waals surface area contributed by atoms with Gasteiger partial charge in [-0.1, -0.05) is 36.4 Å². The smallest absolute Gasteiger partial charge is 0.163 e. The van der Waals surface area contributed by atoms with Crippen molar-refractivity contribution in [3.05, 3.63) is 59.8 Å². The normalized spacial score (nSPS) is 9.61. The van der Waals surface area contributed by atoms with E-state index in [0.717, 1.165) is 21.8 Å². The molecule has 0 aliphatic rings. The Morgan fingerprint density at radius 2 is 1.30 bits per heavy atom. The average Bonchev–Trinajstić information content (AvgIpc) is 2.61. The molecule has 0 fully saturated rings. The van der Waals surface area contributed by atoms with Gasteiger partial charge >= 0.3 is 0 Å². The molecule has 0 atom stereocenters. The van der Waals surface area contributed by atoms with E-state index < -0.39 is 0 Å². The first kappa shape index (κ1) is 14.1. The van der Waals surface area contributed by atoms with Gasteiger partial charge in [-0.05, 0) is 12.1 Å². The maximum atomic E-state index is 9.28. The van der Waals surface area contributed by atoms with Crippen molar-refractivity contribution in [3.63, 3.8) is 0 Å². The van der Waals surface area contributed by atoms with Crippen molar-refractivity contribution in [1.82, 2.24) is 4.98 Å². The van der Waals surface area contributed by atoms with Crippen molar-refractivity contribution in [2.75, 3.05) is 5.32 Å². The van der Waals surface area contributed by atoms with Crippen LogP contribution in [0.4, 0.5) is 5.69 Å². The van der Waals surface area contributed by atoms with Gasteiger partial charge in [0, 0.05) is 10.8 Å². The van der Waals surface area contributed by atoms with Gasteiger partial charge in [0.1, 0.15) is 23.9 Å². The lowest BCUT2D eigenvalue weighted by molar-refractivity contribution is 1.38. The predicted molar refractivity (Wildman–Crippen MR) is 86.7 cm³/mol. The number of nitrogens with one attached hydrogen (secondary N) is 1. The molecule has 5 heteroatoms. The van der Waals surface area contributed by atoms with E-state index in [1.54, 1.807) is 12.1 Å². The first-order chi connectivity index (χ1) is 11.3. The Labute approximate surface area is 132 Å². The number of benzene rings is 2. The Balaban J connectivity index is 2.35. The van der Waals surface area contributed by atoms with E-state index >= 15 is 0 Å². The minimum Gasteiger partial charge on any atom is -0.344 e. The molecule has 1 aromatic heterocycles. The van der Waals surface area contributed by atoms with Crippen LogP contribution in [0.3, 0.4) is 0 Å². The van der Waals surface area contributed by atoms with E-state index in [1.165, 1.54) is 0 Å². The van der Waals surface area contributed by atoms with Gasteiger partial charge in [-0.2, -0.15) is 15.8 Å². The third-order valence-electron chi connectivity index (χ3n) is 3.42. The molecule has 2 aromatic carbocycles. The van der Waals surface area contributed by atoms with E-state index in [0.29, 0.717) is 5.69 Å². The third-order valence-corrected chi connectivity index (χ3v) is 3.42. The van der Waals surface area contributed by atoms with Crippen LogP contribution in [0.1, 0.15) is 0 Å². The first-order valence-corrected chi connectivity index (χ1v) is 6.77. The van der Waals surface area contributed by atoms with Crippen LogP contribution < -0.4 is 5.32 Å². The fourth-order valence-electron chi connectivity index (χ4n) is 2.38. The molecule has 23 heavy (non-hydrogen) atoms. The van der Waals surface area contributed by atoms with Gasteiger partial charge in [0.05, 0.1) is 16.7 Å². The van der Waals surface area contributed by atoms with Gasteiger partial charge in [-0.15, -0.1) is 0 Å². The van der Waals surface area contributed by atoms with Gasteiger partial charge in [-0.3, -0.25) is 0 Å². The Kier molecular flexibility index (Phi) is 3.58. The van der Waals surface area contributed by atoms with E-state index in [9.17, 15) is 5.26 Å². The van der Waals surface area contributed by atoms with E-state index in [4.69, 9.17) is 10.5 Å². The second-order valence-electron chi connectivity index (χ2n) is 4.73. The van der Waals surface area contributed by atoms with Gasteiger partial charge in [0.25, 0.3) is 0 Å². The molecule has 0 aliphatic carbocycles. The molecular formula is C18H9N5. The summed E-state index contributed by atoms with van der Waals surface area (Å²) in [6.07, 6.45) is 0. The van der Waals surface area contributed by atoms with Crippen LogP contribution in [0.5, 0.6) is 0 Å². The molecule has 0 aliphatic heterocycles. The summed E-state index contributed by atoms with van der Waals surface area (Å²) in [5.41, 5.74) is 1.86. The van der Waals surface area contributed by atoms with Gasteiger partial charge < -0.3 is 5.32 Å². The van der Waals surface area contributed by atoms with Crippen LogP contribution in [0.2, 0.25) is 0 Å². The Bertz CT molecular complexity index is 1000. The molecule has 0 saturated carbocycles. The van der Waals surface area contributed by atoms with Gasteiger partial charge in [0.15, 0.2) is 5.57 Å². The number of nitrogens with zero attached hydrogens (tertiary/aromatic N) is 4. The predicted octanol–water partition coefficient (Wildman–Crippen LogP) is 3.62. The highest BCUT2D eigenvalue weighted by atomic mass is 14.9. The first-order valence-electron chi connectivity index (χ1n) is 6.77. The monoisotopic (exact) mass is 295 g/mol. The van der Waals surface area contributed by atoms with Crippen LogP contribution in [-0.4, -0.2) is 4.98 Å². The Hall–Kier alpha value is -3.88. The number of allylic oxidation sites excluding steroid dienone is 2. The molecule has 1 N–H and O–H groups in total. The zero-order valence-corrected chi connectivity index (χ0v) is 11.9. The quantitative estimate of drug-likeness (QED) is 0.575. The molecule has 0 saturated heterocycles. The van der Waals surface area contributed by atoms with Crippen LogP contribution in [0.25, 0.3) is 21.8 Å². The van der Waals surface area contributed by atoms with Crippen molar-refractivity contribution in [2.45, 2.75) is 0 Å². The molecule has 3 rings (SSSR count). The fraction of sp³-hybridized carbons (Fsp3) is 0. The number of fused-ring (bicyclic) bond motifs is 2. The van der Waals surface area contributed by atoms with E-state index in [2.05, 4.69) is 10.3 Å². The lowest BCUT2D eigenvalue weighted by atomic mass is 10.1. The summed E-state index contributed by atoms with van der Waals surface area (Å²) in [6.45, 7) is 0. The highest BCUT2D eigenvalue weighted by molar-refractivity contribution is 6.08. The van der Waals surface area contributed by atoms with Crippen molar-refractivity contribution in [3.8, 4) is 18.2 Å².